The molecular weight excluding hydrogens is 491 g/mol. The Hall–Kier alpha value is -1.87. The van der Waals surface area contributed by atoms with E-state index in [2.05, 4.69) is 15.7 Å². The maximum Gasteiger partial charge on any atom is 0.391 e. The van der Waals surface area contributed by atoms with E-state index in [4.69, 9.17) is 0 Å². The molecule has 210 valence electrons. The first-order chi connectivity index (χ1) is 17.3. The summed E-state index contributed by atoms with van der Waals surface area (Å²) >= 11 is 0. The summed E-state index contributed by atoms with van der Waals surface area (Å²) in [6.07, 6.45) is -1.52. The summed E-state index contributed by atoms with van der Waals surface area (Å²) in [7, 11) is 0. The highest BCUT2D eigenvalue weighted by atomic mass is 19.4. The van der Waals surface area contributed by atoms with Gasteiger partial charge >= 0.3 is 6.18 Å². The largest absolute Gasteiger partial charge is 0.391 e. The van der Waals surface area contributed by atoms with Gasteiger partial charge in [0.25, 0.3) is 5.91 Å². The lowest BCUT2D eigenvalue weighted by Gasteiger charge is -2.45. The average molecular weight is 533 g/mol. The second kappa shape index (κ2) is 10.4. The second-order valence-corrected chi connectivity index (χ2v) is 12.1. The Labute approximate surface area is 216 Å². The van der Waals surface area contributed by atoms with E-state index < -0.39 is 35.5 Å². The molecule has 4 unspecified atom stereocenters. The summed E-state index contributed by atoms with van der Waals surface area (Å²) in [6.45, 7) is 7.92. The van der Waals surface area contributed by atoms with Crippen molar-refractivity contribution in [3.63, 3.8) is 0 Å². The molecule has 1 aromatic heterocycles. The number of nitrogens with one attached hydrogen (secondary N) is 2. The van der Waals surface area contributed by atoms with Crippen LogP contribution in [0.3, 0.4) is 0 Å². The van der Waals surface area contributed by atoms with E-state index in [9.17, 15) is 26.7 Å². The number of anilines is 1. The number of halogens is 5. The molecule has 1 amide bonds. The van der Waals surface area contributed by atoms with Gasteiger partial charge in [-0.3, -0.25) is 4.79 Å². The van der Waals surface area contributed by atoms with Gasteiger partial charge in [-0.2, -0.15) is 18.3 Å². The molecular formula is C27H41F5N4O. The Bertz CT molecular complexity index is 949. The molecule has 37 heavy (non-hydrogen) atoms. The van der Waals surface area contributed by atoms with Crippen LogP contribution in [0.1, 0.15) is 102 Å². The van der Waals surface area contributed by atoms with E-state index >= 15 is 0 Å². The van der Waals surface area contributed by atoms with Crippen molar-refractivity contribution in [1.82, 2.24) is 15.1 Å². The van der Waals surface area contributed by atoms with Crippen LogP contribution in [0.2, 0.25) is 0 Å². The first kappa shape index (κ1) is 28.1. The third kappa shape index (κ3) is 5.49. The fraction of sp³-hybridized carbons (Fsp3) is 0.852. The third-order valence-corrected chi connectivity index (χ3v) is 9.50. The second-order valence-electron chi connectivity index (χ2n) is 12.1. The zero-order valence-corrected chi connectivity index (χ0v) is 22.3. The lowest BCUT2D eigenvalue weighted by atomic mass is 9.69. The van der Waals surface area contributed by atoms with Gasteiger partial charge in [-0.05, 0) is 77.6 Å². The number of alkyl halides is 5. The van der Waals surface area contributed by atoms with Crippen LogP contribution in [0.15, 0.2) is 6.20 Å². The van der Waals surface area contributed by atoms with Gasteiger partial charge in [-0.1, -0.05) is 13.8 Å². The van der Waals surface area contributed by atoms with E-state index in [-0.39, 0.29) is 43.0 Å². The van der Waals surface area contributed by atoms with Crippen LogP contribution < -0.4 is 10.6 Å². The van der Waals surface area contributed by atoms with Crippen LogP contribution in [0.4, 0.5) is 27.8 Å². The van der Waals surface area contributed by atoms with Crippen molar-refractivity contribution in [2.45, 2.75) is 128 Å². The van der Waals surface area contributed by atoms with Gasteiger partial charge in [-0.15, -0.1) is 0 Å². The highest BCUT2D eigenvalue weighted by molar-refractivity contribution is 5.99. The molecule has 1 aliphatic heterocycles. The maximum atomic E-state index is 14.9. The summed E-state index contributed by atoms with van der Waals surface area (Å²) in [5.74, 6) is -1.47. The predicted octanol–water partition coefficient (Wildman–Crippen LogP) is 6.94. The highest BCUT2D eigenvalue weighted by Crippen LogP contribution is 2.45. The third-order valence-electron chi connectivity index (χ3n) is 9.50. The minimum atomic E-state index is -4.18. The molecule has 10 heteroatoms. The van der Waals surface area contributed by atoms with Crippen LogP contribution in [-0.2, 0) is 5.54 Å². The Balaban J connectivity index is 1.54. The van der Waals surface area contributed by atoms with Crippen molar-refractivity contribution < 1.29 is 26.7 Å². The fourth-order valence-corrected chi connectivity index (χ4v) is 7.14. The normalized spacial score (nSPS) is 32.4. The number of carbonyl (C=O) groups is 1. The molecule has 1 aromatic rings. The number of aromatic nitrogens is 2. The molecule has 0 aromatic carbocycles. The molecule has 0 radical (unpaired) electrons. The van der Waals surface area contributed by atoms with E-state index in [1.807, 2.05) is 27.7 Å². The van der Waals surface area contributed by atoms with Crippen molar-refractivity contribution in [3.05, 3.63) is 11.8 Å². The monoisotopic (exact) mass is 532 g/mol. The minimum absolute atomic E-state index is 0.0446. The average Bonchev–Trinajstić information content (AvgIpc) is 3.27. The molecule has 4 atom stereocenters. The summed E-state index contributed by atoms with van der Waals surface area (Å²) in [5.41, 5.74) is -0.739. The Morgan fingerprint density at radius 1 is 1.08 bits per heavy atom. The number of nitrogens with zero attached hydrogens (tertiary/aromatic N) is 2. The molecule has 4 rings (SSSR count). The van der Waals surface area contributed by atoms with Gasteiger partial charge in [0.05, 0.1) is 17.7 Å². The van der Waals surface area contributed by atoms with Crippen molar-refractivity contribution >= 4 is 11.7 Å². The lowest BCUT2D eigenvalue weighted by Crippen LogP contribution is -2.54. The van der Waals surface area contributed by atoms with E-state index in [0.717, 1.165) is 0 Å². The Morgan fingerprint density at radius 3 is 2.27 bits per heavy atom. The summed E-state index contributed by atoms with van der Waals surface area (Å²) in [5, 5.41) is 11.1. The van der Waals surface area contributed by atoms with E-state index in [0.29, 0.717) is 56.3 Å². The standard InChI is InChI=1S/C27H41F5N4O/c1-5-26(6-2,16-7-9-17(10-8-16)27(30,31)32)35-24(37)20-15-33-36-23(20)34-22(14-25(36,3)4)19-12-11-18(28)13-21(19)29/h15-19,21-22,34H,5-14H2,1-4H3,(H,35,37). The molecule has 2 fully saturated rings. The van der Waals surface area contributed by atoms with Gasteiger partial charge < -0.3 is 10.6 Å². The van der Waals surface area contributed by atoms with Gasteiger partial charge in [0.2, 0.25) is 0 Å². The van der Waals surface area contributed by atoms with Crippen molar-refractivity contribution in [3.8, 4) is 0 Å². The van der Waals surface area contributed by atoms with Crippen molar-refractivity contribution in [2.75, 3.05) is 5.32 Å². The SMILES string of the molecule is CCC(CC)(NC(=O)c1cnn2c1NC(C1CCC(F)CC1F)CC2(C)C)C1CCC(C(F)(F)F)CC1. The molecule has 2 N–H and O–H groups in total. The van der Waals surface area contributed by atoms with Crippen LogP contribution >= 0.6 is 0 Å². The predicted molar refractivity (Wildman–Crippen MR) is 133 cm³/mol. The topological polar surface area (TPSA) is 59.0 Å². The Kier molecular flexibility index (Phi) is 7.88. The van der Waals surface area contributed by atoms with Gasteiger partial charge in [0.1, 0.15) is 23.7 Å². The minimum Gasteiger partial charge on any atom is -0.366 e. The number of amides is 1. The molecule has 0 spiro atoms. The smallest absolute Gasteiger partial charge is 0.366 e. The summed E-state index contributed by atoms with van der Waals surface area (Å²) in [6, 6.07) is -0.256. The van der Waals surface area contributed by atoms with Crippen LogP contribution in [0, 0.1) is 17.8 Å². The highest BCUT2D eigenvalue weighted by Gasteiger charge is 2.47. The van der Waals surface area contributed by atoms with Crippen molar-refractivity contribution in [2.24, 2.45) is 17.8 Å². The molecule has 0 saturated heterocycles. The number of rotatable bonds is 6. The molecule has 2 aliphatic carbocycles. The molecule has 2 heterocycles. The zero-order valence-electron chi connectivity index (χ0n) is 22.3. The number of hydrogen-bond donors (Lipinski definition) is 2. The van der Waals surface area contributed by atoms with Crippen LogP contribution in [-0.4, -0.2) is 45.8 Å². The molecule has 2 saturated carbocycles. The zero-order chi connectivity index (χ0) is 27.2. The number of hydrogen-bond acceptors (Lipinski definition) is 3. The van der Waals surface area contributed by atoms with Crippen LogP contribution in [0.5, 0.6) is 0 Å². The maximum absolute atomic E-state index is 14.9. The van der Waals surface area contributed by atoms with Crippen molar-refractivity contribution in [1.29, 1.82) is 0 Å². The first-order valence-electron chi connectivity index (χ1n) is 13.8. The van der Waals surface area contributed by atoms with E-state index in [1.165, 1.54) is 6.20 Å². The fourth-order valence-electron chi connectivity index (χ4n) is 7.14. The van der Waals surface area contributed by atoms with E-state index in [1.54, 1.807) is 4.68 Å². The Morgan fingerprint density at radius 2 is 1.70 bits per heavy atom. The molecule has 5 nitrogen and oxygen atoms in total. The van der Waals surface area contributed by atoms with Gasteiger partial charge in [0, 0.05) is 23.9 Å². The van der Waals surface area contributed by atoms with Gasteiger partial charge in [-0.25, -0.2) is 13.5 Å². The first-order valence-corrected chi connectivity index (χ1v) is 13.8. The number of carbonyl (C=O) groups excluding carboxylic acids is 1. The summed E-state index contributed by atoms with van der Waals surface area (Å²) < 4.78 is 70.1. The quantitative estimate of drug-likeness (QED) is 0.391. The summed E-state index contributed by atoms with van der Waals surface area (Å²) in [4.78, 5) is 13.7. The lowest BCUT2D eigenvalue weighted by molar-refractivity contribution is -0.185. The van der Waals surface area contributed by atoms with Crippen LogP contribution in [0.25, 0.3) is 0 Å². The molecule has 0 bridgehead atoms. The number of fused-ring (bicyclic) bond motifs is 1. The molecule has 3 aliphatic rings. The van der Waals surface area contributed by atoms with Gasteiger partial charge in [0.15, 0.2) is 0 Å².